The molecule has 0 spiro atoms. The van der Waals surface area contributed by atoms with Crippen LogP contribution in [0.25, 0.3) is 38.4 Å². The van der Waals surface area contributed by atoms with Crippen LogP contribution in [0.5, 0.6) is 5.75 Å². The van der Waals surface area contributed by atoms with Gasteiger partial charge >= 0.3 is 0 Å². The first kappa shape index (κ1) is 19.8. The quantitative estimate of drug-likeness (QED) is 0.407. The van der Waals surface area contributed by atoms with Gasteiger partial charge in [-0.15, -0.1) is 0 Å². The fraction of sp³-hybridized carbons (Fsp3) is 0.192. The van der Waals surface area contributed by atoms with E-state index in [9.17, 15) is 4.79 Å². The van der Waals surface area contributed by atoms with Gasteiger partial charge in [0.1, 0.15) is 11.3 Å². The topological polar surface area (TPSA) is 51.5 Å². The highest BCUT2D eigenvalue weighted by atomic mass is 16.5. The van der Waals surface area contributed by atoms with Gasteiger partial charge in [0.25, 0.3) is 0 Å². The second kappa shape index (κ2) is 8.07. The van der Waals surface area contributed by atoms with Gasteiger partial charge in [-0.2, -0.15) is 0 Å². The molecule has 0 bridgehead atoms. The summed E-state index contributed by atoms with van der Waals surface area (Å²) in [6, 6.07) is 18.6. The molecule has 0 aliphatic carbocycles. The smallest absolute Gasteiger partial charge is 0.244 e. The van der Waals surface area contributed by atoms with Crippen LogP contribution in [-0.4, -0.2) is 19.1 Å². The molecule has 1 aromatic heterocycles. The van der Waals surface area contributed by atoms with E-state index in [1.165, 1.54) is 10.8 Å². The number of ether oxygens (including phenoxy) is 1. The van der Waals surface area contributed by atoms with Gasteiger partial charge < -0.3 is 14.5 Å². The highest BCUT2D eigenvalue weighted by Crippen LogP contribution is 2.39. The molecule has 3 aromatic carbocycles. The third kappa shape index (κ3) is 3.69. The number of hydrogen-bond acceptors (Lipinski definition) is 3. The van der Waals surface area contributed by atoms with Gasteiger partial charge in [-0.05, 0) is 48.7 Å². The number of carbonyl (C=O) groups excluding carboxylic acids is 1. The first-order chi connectivity index (χ1) is 14.5. The third-order valence-corrected chi connectivity index (χ3v) is 5.18. The molecule has 1 amide bonds. The maximum Gasteiger partial charge on any atom is 0.244 e. The number of benzene rings is 3. The SMILES string of the molecule is COc1cc2occ(-c3cccc4ccccc34)c2cc1/C(C)=C/C(=O)NC(C)C. The van der Waals surface area contributed by atoms with Crippen molar-refractivity contribution in [3.8, 4) is 16.9 Å². The first-order valence-corrected chi connectivity index (χ1v) is 10.0. The van der Waals surface area contributed by atoms with Gasteiger partial charge in [-0.25, -0.2) is 0 Å². The number of methoxy groups -OCH3 is 1. The average Bonchev–Trinajstić information content (AvgIpc) is 3.14. The Hall–Kier alpha value is -3.53. The van der Waals surface area contributed by atoms with Gasteiger partial charge in [-0.3, -0.25) is 4.79 Å². The second-order valence-corrected chi connectivity index (χ2v) is 7.72. The summed E-state index contributed by atoms with van der Waals surface area (Å²) >= 11 is 0. The van der Waals surface area contributed by atoms with Crippen LogP contribution in [0.3, 0.4) is 0 Å². The second-order valence-electron chi connectivity index (χ2n) is 7.72. The number of rotatable bonds is 5. The van der Waals surface area contributed by atoms with E-state index in [1.54, 1.807) is 19.4 Å². The van der Waals surface area contributed by atoms with Crippen LogP contribution < -0.4 is 10.1 Å². The third-order valence-electron chi connectivity index (χ3n) is 5.18. The molecule has 4 nitrogen and oxygen atoms in total. The van der Waals surface area contributed by atoms with E-state index >= 15 is 0 Å². The largest absolute Gasteiger partial charge is 0.496 e. The minimum absolute atomic E-state index is 0.0813. The fourth-order valence-electron chi connectivity index (χ4n) is 3.80. The van der Waals surface area contributed by atoms with Gasteiger partial charge in [0, 0.05) is 34.7 Å². The summed E-state index contributed by atoms with van der Waals surface area (Å²) in [5.74, 6) is 0.554. The van der Waals surface area contributed by atoms with E-state index in [-0.39, 0.29) is 11.9 Å². The Labute approximate surface area is 176 Å². The van der Waals surface area contributed by atoms with Gasteiger partial charge in [0.2, 0.25) is 5.91 Å². The molecule has 0 aliphatic heterocycles. The molecule has 1 N–H and O–H groups in total. The van der Waals surface area contributed by atoms with Crippen LogP contribution >= 0.6 is 0 Å². The zero-order valence-electron chi connectivity index (χ0n) is 17.7. The van der Waals surface area contributed by atoms with Crippen LogP contribution in [0.4, 0.5) is 0 Å². The van der Waals surface area contributed by atoms with Crippen molar-refractivity contribution in [3.63, 3.8) is 0 Å². The number of fused-ring (bicyclic) bond motifs is 2. The molecule has 0 aliphatic rings. The molecule has 0 radical (unpaired) electrons. The van der Waals surface area contributed by atoms with Crippen molar-refractivity contribution in [3.05, 3.63) is 72.5 Å². The molecule has 0 atom stereocenters. The zero-order chi connectivity index (χ0) is 21.3. The van der Waals surface area contributed by atoms with Crippen LogP contribution in [0, 0.1) is 0 Å². The molecule has 30 heavy (non-hydrogen) atoms. The predicted molar refractivity (Wildman–Crippen MR) is 123 cm³/mol. The monoisotopic (exact) mass is 399 g/mol. The molecule has 1 heterocycles. The molecule has 4 aromatic rings. The summed E-state index contributed by atoms with van der Waals surface area (Å²) in [7, 11) is 1.63. The van der Waals surface area contributed by atoms with Crippen molar-refractivity contribution in [1.82, 2.24) is 5.32 Å². The van der Waals surface area contributed by atoms with Gasteiger partial charge in [0.05, 0.1) is 13.4 Å². The summed E-state index contributed by atoms with van der Waals surface area (Å²) in [5.41, 5.74) is 4.58. The standard InChI is InChI=1S/C26H25NO3/c1-16(2)27-26(28)12-17(3)21-13-22-23(15-30-25(22)14-24(21)29-4)20-11-7-9-18-8-5-6-10-19(18)20/h5-16H,1-4H3,(H,27,28)/b17-12+. The number of carbonyl (C=O) groups is 1. The number of allylic oxidation sites excluding steroid dienone is 1. The maximum absolute atomic E-state index is 12.2. The zero-order valence-corrected chi connectivity index (χ0v) is 17.7. The summed E-state index contributed by atoms with van der Waals surface area (Å²) in [5, 5.41) is 6.23. The van der Waals surface area contributed by atoms with Gasteiger partial charge in [0.15, 0.2) is 0 Å². The van der Waals surface area contributed by atoms with Crippen molar-refractivity contribution in [2.45, 2.75) is 26.8 Å². The van der Waals surface area contributed by atoms with Crippen LogP contribution in [0.15, 0.2) is 71.4 Å². The van der Waals surface area contributed by atoms with Crippen molar-refractivity contribution >= 4 is 33.2 Å². The minimum Gasteiger partial charge on any atom is -0.496 e. The predicted octanol–water partition coefficient (Wildman–Crippen LogP) is 6.19. The lowest BCUT2D eigenvalue weighted by molar-refractivity contribution is -0.116. The summed E-state index contributed by atoms with van der Waals surface area (Å²) in [6.45, 7) is 5.80. The van der Waals surface area contributed by atoms with Crippen LogP contribution in [0.2, 0.25) is 0 Å². The van der Waals surface area contributed by atoms with E-state index in [2.05, 4.69) is 35.6 Å². The Balaban J connectivity index is 1.88. The van der Waals surface area contributed by atoms with E-state index in [4.69, 9.17) is 9.15 Å². The Morgan fingerprint density at radius 1 is 1.03 bits per heavy atom. The van der Waals surface area contributed by atoms with E-state index in [0.29, 0.717) is 5.75 Å². The number of nitrogens with one attached hydrogen (secondary N) is 1. The highest BCUT2D eigenvalue weighted by molar-refractivity contribution is 6.06. The molecule has 0 saturated carbocycles. The molecule has 4 heteroatoms. The Bertz CT molecular complexity index is 1260. The van der Waals surface area contributed by atoms with Crippen molar-refractivity contribution in [2.24, 2.45) is 0 Å². The number of amides is 1. The number of hydrogen-bond donors (Lipinski definition) is 1. The Kier molecular flexibility index (Phi) is 5.32. The van der Waals surface area contributed by atoms with Crippen molar-refractivity contribution in [1.29, 1.82) is 0 Å². The summed E-state index contributed by atoms with van der Waals surface area (Å²) in [4.78, 5) is 12.2. The lowest BCUT2D eigenvalue weighted by Gasteiger charge is -2.11. The molecular formula is C26H25NO3. The molecule has 0 unspecified atom stereocenters. The molecule has 152 valence electrons. The van der Waals surface area contributed by atoms with Crippen LogP contribution in [0.1, 0.15) is 26.3 Å². The van der Waals surface area contributed by atoms with Crippen molar-refractivity contribution < 1.29 is 13.9 Å². The lowest BCUT2D eigenvalue weighted by Crippen LogP contribution is -2.28. The molecule has 0 saturated heterocycles. The molecular weight excluding hydrogens is 374 g/mol. The molecule has 0 fully saturated rings. The van der Waals surface area contributed by atoms with Crippen LogP contribution in [-0.2, 0) is 4.79 Å². The van der Waals surface area contributed by atoms with E-state index < -0.39 is 0 Å². The minimum atomic E-state index is -0.119. The Morgan fingerprint density at radius 3 is 2.57 bits per heavy atom. The van der Waals surface area contributed by atoms with E-state index in [0.717, 1.165) is 33.2 Å². The summed E-state index contributed by atoms with van der Waals surface area (Å²) < 4.78 is 11.5. The normalized spacial score (nSPS) is 12.0. The van der Waals surface area contributed by atoms with Gasteiger partial charge in [-0.1, -0.05) is 42.5 Å². The Morgan fingerprint density at radius 2 is 1.80 bits per heavy atom. The first-order valence-electron chi connectivity index (χ1n) is 10.0. The van der Waals surface area contributed by atoms with E-state index in [1.807, 2.05) is 45.0 Å². The fourth-order valence-corrected chi connectivity index (χ4v) is 3.80. The summed E-state index contributed by atoms with van der Waals surface area (Å²) in [6.07, 6.45) is 3.40. The maximum atomic E-state index is 12.2. The lowest BCUT2D eigenvalue weighted by atomic mass is 9.96. The number of furan rings is 1. The average molecular weight is 399 g/mol. The van der Waals surface area contributed by atoms with Crippen molar-refractivity contribution in [2.75, 3.05) is 7.11 Å². The molecule has 4 rings (SSSR count). The highest BCUT2D eigenvalue weighted by Gasteiger charge is 2.16.